The highest BCUT2D eigenvalue weighted by Gasteiger charge is 2.67. The maximum Gasteiger partial charge on any atom is 0.442 e. The molecule has 1 fully saturated rings. The first kappa shape index (κ1) is 29.5. The van der Waals surface area contributed by atoms with Gasteiger partial charge in [0.1, 0.15) is 11.1 Å². The topological polar surface area (TPSA) is 197 Å². The Labute approximate surface area is 220 Å². The summed E-state index contributed by atoms with van der Waals surface area (Å²) in [7, 11) is -2.47. The van der Waals surface area contributed by atoms with Gasteiger partial charge in [0.25, 0.3) is 11.6 Å². The van der Waals surface area contributed by atoms with Crippen LogP contribution in [0.15, 0.2) is 16.4 Å². The van der Waals surface area contributed by atoms with Crippen molar-refractivity contribution in [3.8, 4) is 0 Å². The molecule has 1 aromatic heterocycles. The van der Waals surface area contributed by atoms with Gasteiger partial charge >= 0.3 is 11.5 Å². The number of amides is 2. The lowest BCUT2D eigenvalue weighted by Gasteiger charge is -2.56. The number of aromatic amines is 1. The highest BCUT2D eigenvalue weighted by atomic mass is 32.2. The van der Waals surface area contributed by atoms with Crippen LogP contribution >= 0.6 is 35.3 Å². The highest BCUT2D eigenvalue weighted by molar-refractivity contribution is 8.01. The first-order chi connectivity index (χ1) is 17.2. The second-order valence-corrected chi connectivity index (χ2v) is 12.6. The number of hydrogen-bond acceptors (Lipinski definition) is 12. The summed E-state index contributed by atoms with van der Waals surface area (Å²) in [5.41, 5.74) is -6.89. The summed E-state index contributed by atoms with van der Waals surface area (Å²) < 4.78 is 67.9. The molecule has 0 aliphatic carbocycles. The maximum absolute atomic E-state index is 13.1. The van der Waals surface area contributed by atoms with Crippen molar-refractivity contribution >= 4 is 63.1 Å². The molecule has 4 N–H and O–H groups in total. The molecule has 1 saturated heterocycles. The third kappa shape index (κ3) is 6.88. The Morgan fingerprint density at radius 3 is 2.68 bits per heavy atom. The number of carbonyl (C=O) groups excluding carboxylic acids is 2. The van der Waals surface area contributed by atoms with Crippen molar-refractivity contribution in [3.05, 3.63) is 11.3 Å². The predicted octanol–water partition coefficient (Wildman–Crippen LogP) is -0.435. The first-order valence-electron chi connectivity index (χ1n) is 10.0. The first-order valence-corrected chi connectivity index (χ1v) is 14.8. The Kier molecular flexibility index (Phi) is 9.05. The zero-order valence-electron chi connectivity index (χ0n) is 18.9. The van der Waals surface area contributed by atoms with Crippen molar-refractivity contribution in [1.82, 2.24) is 35.6 Å². The SMILES string of the molecule is CO[C@@]1(NC(=O)CSC(F)(F)F)C(=O)N2C(C(=O)O)=C(C(CCNS(C)(=O)=O)Sc3nnn[nH]3)CS[C@H]21. The molecule has 3 rings (SSSR count). The maximum atomic E-state index is 13.1. The van der Waals surface area contributed by atoms with E-state index in [1.807, 2.05) is 0 Å². The molecule has 37 heavy (non-hydrogen) atoms. The molecule has 0 aromatic carbocycles. The number of alkyl halides is 3. The van der Waals surface area contributed by atoms with Crippen molar-refractivity contribution in [2.45, 2.75) is 33.4 Å². The molecule has 2 amide bonds. The molecule has 3 atom stereocenters. The molecule has 1 unspecified atom stereocenters. The number of sulfonamides is 1. The molecule has 0 radical (unpaired) electrons. The van der Waals surface area contributed by atoms with E-state index in [1.54, 1.807) is 0 Å². The lowest BCUT2D eigenvalue weighted by Crippen LogP contribution is -2.81. The largest absolute Gasteiger partial charge is 0.477 e. The molecule has 0 spiro atoms. The smallest absolute Gasteiger partial charge is 0.442 e. The number of aromatic nitrogens is 4. The number of hydrogen-bond donors (Lipinski definition) is 4. The van der Waals surface area contributed by atoms with Gasteiger partial charge in [-0.2, -0.15) is 13.2 Å². The second-order valence-electron chi connectivity index (χ2n) is 7.51. The summed E-state index contributed by atoms with van der Waals surface area (Å²) in [4.78, 5) is 38.5. The van der Waals surface area contributed by atoms with Crippen LogP contribution in [0, 0.1) is 0 Å². The number of nitrogens with one attached hydrogen (secondary N) is 3. The minimum atomic E-state index is -4.67. The van der Waals surface area contributed by atoms with Crippen molar-refractivity contribution in [2.24, 2.45) is 0 Å². The van der Waals surface area contributed by atoms with E-state index in [0.717, 1.165) is 41.8 Å². The highest BCUT2D eigenvalue weighted by Crippen LogP contribution is 2.49. The number of H-pyrrole nitrogens is 1. The summed E-state index contributed by atoms with van der Waals surface area (Å²) in [6, 6.07) is 0. The van der Waals surface area contributed by atoms with Crippen LogP contribution in [0.4, 0.5) is 13.2 Å². The second kappa shape index (κ2) is 11.4. The van der Waals surface area contributed by atoms with Crippen LogP contribution in [0.5, 0.6) is 0 Å². The monoisotopic (exact) mass is 607 g/mol. The fourth-order valence-corrected chi connectivity index (χ4v) is 7.05. The standard InChI is InChI=1S/C16H20F3N7O7S4/c1-33-15(21-9(27)6-35-16(17,18)19)12(30)26-10(11(28)29)7(5-34-13(15)26)8(3-4-20-37(2,31)32)36-14-22-24-25-23-14/h8,13,20H,3-6H2,1-2H3,(H,21,27)(H,28,29)(H,22,23,24,25)/t8?,13-,15-/m0/s1. The third-order valence-corrected chi connectivity index (χ3v) is 9.02. The Balaban J connectivity index is 1.88. The number of carboxylic acid groups (broad SMARTS) is 1. The van der Waals surface area contributed by atoms with E-state index < -0.39 is 72.9 Å². The van der Waals surface area contributed by atoms with Gasteiger partial charge in [0.05, 0.1) is 12.0 Å². The van der Waals surface area contributed by atoms with Crippen LogP contribution in [0.25, 0.3) is 0 Å². The Morgan fingerprint density at radius 1 is 1.43 bits per heavy atom. The van der Waals surface area contributed by atoms with E-state index in [1.165, 1.54) is 0 Å². The number of carboxylic acids is 1. The Hall–Kier alpha value is -2.07. The van der Waals surface area contributed by atoms with Crippen molar-refractivity contribution < 1.29 is 45.8 Å². The number of carbonyl (C=O) groups is 3. The average Bonchev–Trinajstić information content (AvgIpc) is 3.31. The van der Waals surface area contributed by atoms with Crippen molar-refractivity contribution in [1.29, 1.82) is 0 Å². The summed E-state index contributed by atoms with van der Waals surface area (Å²) in [6.45, 7) is -0.0640. The molecule has 2 aliphatic heterocycles. The number of ether oxygens (including phenoxy) is 1. The van der Waals surface area contributed by atoms with Gasteiger partial charge in [-0.05, 0) is 34.2 Å². The number of fused-ring (bicyclic) bond motifs is 1. The van der Waals surface area contributed by atoms with Gasteiger partial charge in [0.2, 0.25) is 21.1 Å². The van der Waals surface area contributed by atoms with Crippen molar-refractivity contribution in [2.75, 3.05) is 31.4 Å². The molecule has 21 heteroatoms. The fraction of sp³-hybridized carbons (Fsp3) is 0.625. The van der Waals surface area contributed by atoms with E-state index >= 15 is 0 Å². The number of β-lactam (4-membered cyclic amide) rings is 1. The van der Waals surface area contributed by atoms with E-state index in [4.69, 9.17) is 4.74 Å². The van der Waals surface area contributed by atoms with Gasteiger partial charge in [-0.3, -0.25) is 14.5 Å². The van der Waals surface area contributed by atoms with Crippen LogP contribution in [-0.4, -0.2) is 110 Å². The summed E-state index contributed by atoms with van der Waals surface area (Å²) in [6.07, 6.45) is 1.06. The number of halogens is 3. The van der Waals surface area contributed by atoms with Gasteiger partial charge in [0.15, 0.2) is 0 Å². The summed E-state index contributed by atoms with van der Waals surface area (Å²) in [5.74, 6) is -4.60. The van der Waals surface area contributed by atoms with E-state index in [2.05, 4.69) is 30.7 Å². The Bertz CT molecular complexity index is 1180. The van der Waals surface area contributed by atoms with E-state index in [9.17, 15) is 41.1 Å². The number of aliphatic carboxylic acids is 1. The molecular weight excluding hydrogens is 587 g/mol. The van der Waals surface area contributed by atoms with Crippen LogP contribution < -0.4 is 10.0 Å². The zero-order chi connectivity index (χ0) is 27.6. The third-order valence-electron chi connectivity index (χ3n) is 5.02. The predicted molar refractivity (Wildman–Crippen MR) is 125 cm³/mol. The molecular formula is C16H20F3N7O7S4. The van der Waals surface area contributed by atoms with Gasteiger partial charge in [-0.1, -0.05) is 11.8 Å². The normalized spacial score (nSPS) is 22.9. The lowest BCUT2D eigenvalue weighted by molar-refractivity contribution is -0.192. The minimum absolute atomic E-state index is 0.00642. The molecule has 3 heterocycles. The lowest BCUT2D eigenvalue weighted by atomic mass is 9.96. The van der Waals surface area contributed by atoms with Gasteiger partial charge in [-0.15, -0.1) is 16.9 Å². The number of thioether (sulfide) groups is 3. The number of methoxy groups -OCH3 is 1. The van der Waals surface area contributed by atoms with Crippen LogP contribution in [0.3, 0.4) is 0 Å². The quantitative estimate of drug-likeness (QED) is 0.136. The van der Waals surface area contributed by atoms with Gasteiger partial charge < -0.3 is 15.2 Å². The Morgan fingerprint density at radius 2 is 2.14 bits per heavy atom. The number of nitrogens with zero attached hydrogens (tertiary/aromatic N) is 4. The number of tetrazole rings is 1. The van der Waals surface area contributed by atoms with E-state index in [0.29, 0.717) is 0 Å². The average molecular weight is 608 g/mol. The van der Waals surface area contributed by atoms with Crippen LogP contribution in [0.2, 0.25) is 0 Å². The van der Waals surface area contributed by atoms with Crippen molar-refractivity contribution in [3.63, 3.8) is 0 Å². The molecule has 1 aromatic rings. The molecule has 2 aliphatic rings. The van der Waals surface area contributed by atoms with Gasteiger partial charge in [-0.25, -0.2) is 23.0 Å². The molecule has 0 bridgehead atoms. The number of rotatable bonds is 12. The van der Waals surface area contributed by atoms with E-state index in [-0.39, 0.29) is 29.4 Å². The summed E-state index contributed by atoms with van der Waals surface area (Å²) >= 11 is 1.45. The van der Waals surface area contributed by atoms with Crippen LogP contribution in [-0.2, 0) is 29.1 Å². The molecule has 206 valence electrons. The van der Waals surface area contributed by atoms with Crippen LogP contribution in [0.1, 0.15) is 6.42 Å². The molecule has 14 nitrogen and oxygen atoms in total. The minimum Gasteiger partial charge on any atom is -0.477 e. The zero-order valence-corrected chi connectivity index (χ0v) is 22.2. The fourth-order valence-electron chi connectivity index (χ4n) is 3.55. The summed E-state index contributed by atoms with van der Waals surface area (Å²) in [5, 5.41) is 23.7. The van der Waals surface area contributed by atoms with Gasteiger partial charge in [0, 0.05) is 24.7 Å². The molecule has 0 saturated carbocycles.